The molecule has 20 heavy (non-hydrogen) atoms. The van der Waals surface area contributed by atoms with E-state index >= 15 is 0 Å². The zero-order valence-electron chi connectivity index (χ0n) is 12.6. The van der Waals surface area contributed by atoms with Crippen molar-refractivity contribution in [1.29, 1.82) is 0 Å². The Morgan fingerprint density at radius 1 is 0.950 bits per heavy atom. The molecule has 0 rings (SSSR count). The Labute approximate surface area is 121 Å². The van der Waals surface area contributed by atoms with E-state index in [0.29, 0.717) is 6.54 Å². The number of nitrogens with one attached hydrogen (secondary N) is 1. The van der Waals surface area contributed by atoms with Gasteiger partial charge in [0.05, 0.1) is 0 Å². The largest absolute Gasteiger partial charge is 0.481 e. The first-order chi connectivity index (χ1) is 9.57. The Balaban J connectivity index is 3.49. The Hall–Kier alpha value is -1.10. The van der Waals surface area contributed by atoms with E-state index in [9.17, 15) is 9.59 Å². The summed E-state index contributed by atoms with van der Waals surface area (Å²) >= 11 is 0. The van der Waals surface area contributed by atoms with Crippen molar-refractivity contribution in [3.63, 3.8) is 0 Å². The van der Waals surface area contributed by atoms with Gasteiger partial charge in [0.25, 0.3) is 0 Å². The van der Waals surface area contributed by atoms with Gasteiger partial charge in [-0.1, -0.05) is 51.9 Å². The topological polar surface area (TPSA) is 86.6 Å². The molecule has 0 amide bonds. The summed E-state index contributed by atoms with van der Waals surface area (Å²) in [5.74, 6) is -1.92. The molecule has 0 aromatic heterocycles. The summed E-state index contributed by atoms with van der Waals surface area (Å²) in [6, 6.07) is -0.740. The van der Waals surface area contributed by atoms with Crippen LogP contribution in [0, 0.1) is 0 Å². The highest BCUT2D eigenvalue weighted by Crippen LogP contribution is 2.08. The van der Waals surface area contributed by atoms with Gasteiger partial charge in [0.1, 0.15) is 6.04 Å². The molecule has 0 aromatic carbocycles. The van der Waals surface area contributed by atoms with Crippen LogP contribution < -0.4 is 5.32 Å². The molecular formula is C15H29NO4. The van der Waals surface area contributed by atoms with Crippen molar-refractivity contribution < 1.29 is 19.8 Å². The molecule has 0 fully saturated rings. The number of rotatable bonds is 14. The molecule has 0 bridgehead atoms. The zero-order valence-corrected chi connectivity index (χ0v) is 12.6. The average Bonchev–Trinajstić information content (AvgIpc) is 2.39. The molecule has 0 aromatic rings. The molecule has 1 atom stereocenters. The summed E-state index contributed by atoms with van der Waals surface area (Å²) < 4.78 is 0. The van der Waals surface area contributed by atoms with E-state index < -0.39 is 18.0 Å². The van der Waals surface area contributed by atoms with Gasteiger partial charge in [-0.15, -0.1) is 0 Å². The van der Waals surface area contributed by atoms with Gasteiger partial charge >= 0.3 is 11.9 Å². The first-order valence-electron chi connectivity index (χ1n) is 7.76. The number of unbranched alkanes of at least 4 members (excludes halogenated alkanes) is 7. The molecule has 5 heteroatoms. The fourth-order valence-electron chi connectivity index (χ4n) is 2.12. The molecule has 0 spiro atoms. The van der Waals surface area contributed by atoms with Crippen LogP contribution in [0.4, 0.5) is 0 Å². The van der Waals surface area contributed by atoms with Gasteiger partial charge in [-0.2, -0.15) is 0 Å². The maximum absolute atomic E-state index is 10.9. The maximum Gasteiger partial charge on any atom is 0.320 e. The van der Waals surface area contributed by atoms with E-state index in [4.69, 9.17) is 10.2 Å². The average molecular weight is 287 g/mol. The van der Waals surface area contributed by atoms with E-state index in [2.05, 4.69) is 12.2 Å². The van der Waals surface area contributed by atoms with Gasteiger partial charge < -0.3 is 15.5 Å². The molecule has 0 heterocycles. The van der Waals surface area contributed by atoms with Crippen molar-refractivity contribution in [2.45, 2.75) is 77.2 Å². The second-order valence-corrected chi connectivity index (χ2v) is 5.25. The van der Waals surface area contributed by atoms with E-state index in [1.807, 2.05) is 0 Å². The lowest BCUT2D eigenvalue weighted by Crippen LogP contribution is -2.37. The highest BCUT2D eigenvalue weighted by molar-refractivity contribution is 5.75. The number of carboxylic acids is 2. The van der Waals surface area contributed by atoms with Crippen molar-refractivity contribution >= 4 is 11.9 Å². The van der Waals surface area contributed by atoms with Gasteiger partial charge in [0.15, 0.2) is 0 Å². The van der Waals surface area contributed by atoms with Crippen LogP contribution in [-0.4, -0.2) is 34.7 Å². The molecule has 0 radical (unpaired) electrons. The third-order valence-electron chi connectivity index (χ3n) is 3.37. The Morgan fingerprint density at radius 2 is 1.50 bits per heavy atom. The monoisotopic (exact) mass is 287 g/mol. The summed E-state index contributed by atoms with van der Waals surface area (Å²) in [7, 11) is 0. The summed E-state index contributed by atoms with van der Waals surface area (Å²) in [5.41, 5.74) is 0. The zero-order chi connectivity index (χ0) is 15.2. The van der Waals surface area contributed by atoms with Crippen molar-refractivity contribution in [3.05, 3.63) is 0 Å². The summed E-state index contributed by atoms with van der Waals surface area (Å²) in [5, 5.41) is 20.4. The standard InChI is InChI=1S/C15H29NO4/c1-2-3-4-5-6-7-8-9-12-16-13(15(19)20)10-11-14(17)18/h13,16H,2-12H2,1H3,(H,17,18)(H,19,20). The van der Waals surface area contributed by atoms with E-state index in [1.165, 1.54) is 38.5 Å². The number of hydrogen-bond donors (Lipinski definition) is 3. The van der Waals surface area contributed by atoms with Crippen LogP contribution in [0.1, 0.15) is 71.1 Å². The number of hydrogen-bond acceptors (Lipinski definition) is 3. The third kappa shape index (κ3) is 12.0. The second-order valence-electron chi connectivity index (χ2n) is 5.25. The Morgan fingerprint density at radius 3 is 2.00 bits per heavy atom. The summed E-state index contributed by atoms with van der Waals surface area (Å²) in [6.45, 7) is 2.85. The van der Waals surface area contributed by atoms with Crippen LogP contribution in [0.15, 0.2) is 0 Å². The van der Waals surface area contributed by atoms with Crippen molar-refractivity contribution in [2.75, 3.05) is 6.54 Å². The minimum atomic E-state index is -0.967. The molecule has 3 N–H and O–H groups in total. The number of carboxylic acid groups (broad SMARTS) is 2. The highest BCUT2D eigenvalue weighted by atomic mass is 16.4. The van der Waals surface area contributed by atoms with Crippen LogP contribution in [0.25, 0.3) is 0 Å². The fourth-order valence-corrected chi connectivity index (χ4v) is 2.12. The quantitative estimate of drug-likeness (QED) is 0.427. The molecule has 0 saturated heterocycles. The highest BCUT2D eigenvalue weighted by Gasteiger charge is 2.17. The van der Waals surface area contributed by atoms with Crippen LogP contribution in [0.3, 0.4) is 0 Å². The van der Waals surface area contributed by atoms with Crippen molar-refractivity contribution in [1.82, 2.24) is 5.32 Å². The van der Waals surface area contributed by atoms with Gasteiger partial charge in [0.2, 0.25) is 0 Å². The lowest BCUT2D eigenvalue weighted by Gasteiger charge is -2.13. The Kier molecular flexibility index (Phi) is 12.2. The molecule has 0 aliphatic rings. The Bertz CT molecular complexity index is 269. The normalized spacial score (nSPS) is 12.2. The van der Waals surface area contributed by atoms with Crippen molar-refractivity contribution in [2.24, 2.45) is 0 Å². The summed E-state index contributed by atoms with van der Waals surface area (Å²) in [6.07, 6.45) is 9.70. The first-order valence-corrected chi connectivity index (χ1v) is 7.76. The number of aliphatic carboxylic acids is 2. The van der Waals surface area contributed by atoms with Gasteiger partial charge in [0, 0.05) is 6.42 Å². The van der Waals surface area contributed by atoms with Crippen LogP contribution in [0.2, 0.25) is 0 Å². The lowest BCUT2D eigenvalue weighted by molar-refractivity contribution is -0.140. The second kappa shape index (κ2) is 12.9. The molecule has 0 aliphatic heterocycles. The van der Waals surface area contributed by atoms with E-state index in [0.717, 1.165) is 12.8 Å². The molecular weight excluding hydrogens is 258 g/mol. The predicted octanol–water partition coefficient (Wildman–Crippen LogP) is 3.03. The predicted molar refractivity (Wildman–Crippen MR) is 78.9 cm³/mol. The van der Waals surface area contributed by atoms with Crippen LogP contribution in [0.5, 0.6) is 0 Å². The molecule has 0 saturated carbocycles. The molecule has 118 valence electrons. The van der Waals surface area contributed by atoms with E-state index in [-0.39, 0.29) is 12.8 Å². The SMILES string of the molecule is CCCCCCCCCCNC(CCC(=O)O)C(=O)O. The number of carbonyl (C=O) groups is 2. The first kappa shape index (κ1) is 18.9. The summed E-state index contributed by atoms with van der Waals surface area (Å²) in [4.78, 5) is 21.4. The third-order valence-corrected chi connectivity index (χ3v) is 3.37. The molecule has 1 unspecified atom stereocenters. The van der Waals surface area contributed by atoms with E-state index in [1.54, 1.807) is 0 Å². The van der Waals surface area contributed by atoms with Crippen LogP contribution >= 0.6 is 0 Å². The smallest absolute Gasteiger partial charge is 0.320 e. The lowest BCUT2D eigenvalue weighted by atomic mass is 10.1. The van der Waals surface area contributed by atoms with Gasteiger partial charge in [-0.05, 0) is 19.4 Å². The minimum absolute atomic E-state index is 0.110. The fraction of sp³-hybridized carbons (Fsp3) is 0.867. The van der Waals surface area contributed by atoms with Gasteiger partial charge in [-0.3, -0.25) is 9.59 Å². The molecule has 0 aliphatic carbocycles. The maximum atomic E-state index is 10.9. The minimum Gasteiger partial charge on any atom is -0.481 e. The van der Waals surface area contributed by atoms with Crippen molar-refractivity contribution in [3.8, 4) is 0 Å². The van der Waals surface area contributed by atoms with Crippen LogP contribution in [-0.2, 0) is 9.59 Å². The van der Waals surface area contributed by atoms with Gasteiger partial charge in [-0.25, -0.2) is 0 Å². The molecule has 5 nitrogen and oxygen atoms in total.